The molecule has 0 saturated carbocycles. The molecular formula is C14H21NO. The summed E-state index contributed by atoms with van der Waals surface area (Å²) in [6.45, 7) is 5.06. The largest absolute Gasteiger partial charge is 0.377 e. The van der Waals surface area contributed by atoms with Crippen LogP contribution in [0.15, 0.2) is 24.3 Å². The Labute approximate surface area is 98.0 Å². The van der Waals surface area contributed by atoms with Crippen LogP contribution in [0.3, 0.4) is 0 Å². The zero-order valence-electron chi connectivity index (χ0n) is 10.0. The highest BCUT2D eigenvalue weighted by Gasteiger charge is 2.14. The molecule has 0 aliphatic carbocycles. The Morgan fingerprint density at radius 1 is 1.25 bits per heavy atom. The van der Waals surface area contributed by atoms with Crippen molar-refractivity contribution in [2.75, 3.05) is 13.2 Å². The molecule has 1 aliphatic rings. The van der Waals surface area contributed by atoms with Crippen molar-refractivity contribution in [3.63, 3.8) is 0 Å². The van der Waals surface area contributed by atoms with Crippen LogP contribution in [0.4, 0.5) is 0 Å². The summed E-state index contributed by atoms with van der Waals surface area (Å²) in [7, 11) is 0. The van der Waals surface area contributed by atoms with Gasteiger partial charge in [0.1, 0.15) is 0 Å². The molecule has 2 heteroatoms. The lowest BCUT2D eigenvalue weighted by Gasteiger charge is -2.10. The summed E-state index contributed by atoms with van der Waals surface area (Å²) in [5.41, 5.74) is 2.76. The van der Waals surface area contributed by atoms with Crippen LogP contribution in [0.1, 0.15) is 30.9 Å². The van der Waals surface area contributed by atoms with Crippen molar-refractivity contribution in [1.29, 1.82) is 0 Å². The van der Waals surface area contributed by atoms with Gasteiger partial charge < -0.3 is 10.1 Å². The van der Waals surface area contributed by atoms with E-state index in [-0.39, 0.29) is 0 Å². The van der Waals surface area contributed by atoms with Crippen molar-refractivity contribution in [1.82, 2.24) is 5.32 Å². The van der Waals surface area contributed by atoms with E-state index in [0.29, 0.717) is 6.10 Å². The third-order valence-corrected chi connectivity index (χ3v) is 3.16. The Morgan fingerprint density at radius 3 is 2.62 bits per heavy atom. The molecule has 0 aromatic heterocycles. The van der Waals surface area contributed by atoms with E-state index in [1.54, 1.807) is 0 Å². The summed E-state index contributed by atoms with van der Waals surface area (Å²) in [5, 5.41) is 3.46. The lowest BCUT2D eigenvalue weighted by Crippen LogP contribution is -2.25. The van der Waals surface area contributed by atoms with Crippen LogP contribution < -0.4 is 5.32 Å². The fourth-order valence-electron chi connectivity index (χ4n) is 2.08. The van der Waals surface area contributed by atoms with E-state index in [9.17, 15) is 0 Å². The number of aryl methyl sites for hydroxylation is 1. The van der Waals surface area contributed by atoms with E-state index in [1.165, 1.54) is 24.0 Å². The second-order valence-electron chi connectivity index (χ2n) is 4.44. The Hall–Kier alpha value is -0.860. The highest BCUT2D eigenvalue weighted by molar-refractivity contribution is 5.22. The molecule has 1 N–H and O–H groups in total. The number of benzene rings is 1. The van der Waals surface area contributed by atoms with Crippen LogP contribution in [-0.2, 0) is 17.7 Å². The van der Waals surface area contributed by atoms with Crippen LogP contribution in [-0.4, -0.2) is 19.3 Å². The summed E-state index contributed by atoms with van der Waals surface area (Å²) in [6.07, 6.45) is 3.98. The molecule has 1 aromatic rings. The first-order valence-electron chi connectivity index (χ1n) is 6.28. The molecule has 1 heterocycles. The molecule has 1 fully saturated rings. The van der Waals surface area contributed by atoms with Gasteiger partial charge in [-0.25, -0.2) is 0 Å². The van der Waals surface area contributed by atoms with Crippen molar-refractivity contribution in [3.8, 4) is 0 Å². The minimum absolute atomic E-state index is 0.440. The Kier molecular flexibility index (Phi) is 4.37. The molecule has 0 spiro atoms. The summed E-state index contributed by atoms with van der Waals surface area (Å²) in [5.74, 6) is 0. The Balaban J connectivity index is 1.71. The van der Waals surface area contributed by atoms with Gasteiger partial charge in [0.05, 0.1) is 6.10 Å². The second kappa shape index (κ2) is 6.02. The van der Waals surface area contributed by atoms with Gasteiger partial charge in [-0.2, -0.15) is 0 Å². The first kappa shape index (κ1) is 11.6. The monoisotopic (exact) mass is 219 g/mol. The minimum atomic E-state index is 0.440. The fraction of sp³-hybridized carbons (Fsp3) is 0.571. The number of rotatable bonds is 5. The number of nitrogens with one attached hydrogen (secondary N) is 1. The standard InChI is InChI=1S/C14H21NO/c1-2-12-5-7-13(8-6-12)10-15-11-14-4-3-9-16-14/h5-8,14-15H,2-4,9-11H2,1H3/t14-/m1/s1. The number of hydrogen-bond donors (Lipinski definition) is 1. The molecule has 2 rings (SSSR count). The average Bonchev–Trinajstić information content (AvgIpc) is 2.83. The molecule has 0 bridgehead atoms. The third-order valence-electron chi connectivity index (χ3n) is 3.16. The molecule has 1 saturated heterocycles. The van der Waals surface area contributed by atoms with Gasteiger partial charge in [-0.3, -0.25) is 0 Å². The van der Waals surface area contributed by atoms with E-state index in [1.807, 2.05) is 0 Å². The van der Waals surface area contributed by atoms with E-state index in [4.69, 9.17) is 4.74 Å². The smallest absolute Gasteiger partial charge is 0.0700 e. The lowest BCUT2D eigenvalue weighted by atomic mass is 10.1. The molecule has 0 radical (unpaired) electrons. The quantitative estimate of drug-likeness (QED) is 0.821. The summed E-state index contributed by atoms with van der Waals surface area (Å²) >= 11 is 0. The van der Waals surface area contributed by atoms with Crippen molar-refractivity contribution in [2.24, 2.45) is 0 Å². The molecule has 2 nitrogen and oxygen atoms in total. The van der Waals surface area contributed by atoms with Crippen LogP contribution in [0.25, 0.3) is 0 Å². The van der Waals surface area contributed by atoms with Gasteiger partial charge in [-0.05, 0) is 30.4 Å². The predicted molar refractivity (Wildman–Crippen MR) is 66.5 cm³/mol. The maximum Gasteiger partial charge on any atom is 0.0700 e. The first-order valence-corrected chi connectivity index (χ1v) is 6.28. The van der Waals surface area contributed by atoms with Crippen LogP contribution in [0.2, 0.25) is 0 Å². The van der Waals surface area contributed by atoms with E-state index in [0.717, 1.165) is 26.1 Å². The van der Waals surface area contributed by atoms with Gasteiger partial charge in [-0.15, -0.1) is 0 Å². The minimum Gasteiger partial charge on any atom is -0.377 e. The molecule has 16 heavy (non-hydrogen) atoms. The fourth-order valence-corrected chi connectivity index (χ4v) is 2.08. The van der Waals surface area contributed by atoms with Gasteiger partial charge in [-0.1, -0.05) is 31.2 Å². The molecule has 1 aromatic carbocycles. The van der Waals surface area contributed by atoms with Crippen LogP contribution in [0.5, 0.6) is 0 Å². The number of ether oxygens (including phenoxy) is 1. The summed E-state index contributed by atoms with van der Waals surface area (Å²) < 4.78 is 5.56. The van der Waals surface area contributed by atoms with E-state index < -0.39 is 0 Å². The SMILES string of the molecule is CCc1ccc(CNC[C@H]2CCCO2)cc1. The van der Waals surface area contributed by atoms with Crippen molar-refractivity contribution in [3.05, 3.63) is 35.4 Å². The van der Waals surface area contributed by atoms with Gasteiger partial charge >= 0.3 is 0 Å². The Morgan fingerprint density at radius 2 is 2.00 bits per heavy atom. The van der Waals surface area contributed by atoms with Crippen molar-refractivity contribution < 1.29 is 4.74 Å². The zero-order chi connectivity index (χ0) is 11.2. The highest BCUT2D eigenvalue weighted by Crippen LogP contribution is 2.11. The van der Waals surface area contributed by atoms with Gasteiger partial charge in [0.2, 0.25) is 0 Å². The van der Waals surface area contributed by atoms with E-state index in [2.05, 4.69) is 36.5 Å². The zero-order valence-corrected chi connectivity index (χ0v) is 10.0. The highest BCUT2D eigenvalue weighted by atomic mass is 16.5. The van der Waals surface area contributed by atoms with Crippen molar-refractivity contribution in [2.45, 2.75) is 38.8 Å². The Bertz CT molecular complexity index is 301. The molecular weight excluding hydrogens is 198 g/mol. The normalized spacial score (nSPS) is 20.2. The topological polar surface area (TPSA) is 21.3 Å². The van der Waals surface area contributed by atoms with Gasteiger partial charge in [0, 0.05) is 19.7 Å². The van der Waals surface area contributed by atoms with Crippen LogP contribution in [0, 0.1) is 0 Å². The average molecular weight is 219 g/mol. The first-order chi connectivity index (χ1) is 7.88. The van der Waals surface area contributed by atoms with Gasteiger partial charge in [0.15, 0.2) is 0 Å². The number of hydrogen-bond acceptors (Lipinski definition) is 2. The van der Waals surface area contributed by atoms with Gasteiger partial charge in [0.25, 0.3) is 0 Å². The maximum atomic E-state index is 5.56. The maximum absolute atomic E-state index is 5.56. The summed E-state index contributed by atoms with van der Waals surface area (Å²) in [6, 6.07) is 8.84. The molecule has 0 amide bonds. The van der Waals surface area contributed by atoms with Crippen LogP contribution >= 0.6 is 0 Å². The van der Waals surface area contributed by atoms with E-state index >= 15 is 0 Å². The molecule has 88 valence electrons. The molecule has 1 atom stereocenters. The second-order valence-corrected chi connectivity index (χ2v) is 4.44. The molecule has 0 unspecified atom stereocenters. The third kappa shape index (κ3) is 3.32. The summed E-state index contributed by atoms with van der Waals surface area (Å²) in [4.78, 5) is 0. The molecule has 1 aliphatic heterocycles. The lowest BCUT2D eigenvalue weighted by molar-refractivity contribution is 0.110. The predicted octanol–water partition coefficient (Wildman–Crippen LogP) is 2.52. The van der Waals surface area contributed by atoms with Crippen molar-refractivity contribution >= 4 is 0 Å².